The topological polar surface area (TPSA) is 59.6 Å². The second-order valence-corrected chi connectivity index (χ2v) is 12.2. The minimum absolute atomic E-state index is 0. The van der Waals surface area contributed by atoms with E-state index in [0.717, 1.165) is 27.6 Å². The van der Waals surface area contributed by atoms with Crippen LogP contribution in [0.3, 0.4) is 0 Å². The molecule has 0 aliphatic rings. The molecule has 0 aliphatic carbocycles. The zero-order valence-corrected chi connectivity index (χ0v) is 28.5. The van der Waals surface area contributed by atoms with Crippen LogP contribution < -0.4 is 9.30 Å². The molecule has 5 aromatic carbocycles. The van der Waals surface area contributed by atoms with E-state index >= 15 is 0 Å². The second kappa shape index (κ2) is 12.3. The number of hydrogen-bond donors (Lipinski definition) is 0. The first-order valence-electron chi connectivity index (χ1n) is 17.1. The fourth-order valence-corrected chi connectivity index (χ4v) is 5.80. The number of rotatable bonds is 5. The number of aromatic nitrogens is 4. The molecule has 0 fully saturated rings. The molecule has 0 aliphatic heterocycles. The van der Waals surface area contributed by atoms with E-state index in [2.05, 4.69) is 62.0 Å². The van der Waals surface area contributed by atoms with Gasteiger partial charge in [0, 0.05) is 44.3 Å². The van der Waals surface area contributed by atoms with E-state index in [1.54, 1.807) is 16.7 Å². The van der Waals surface area contributed by atoms with Crippen molar-refractivity contribution in [2.75, 3.05) is 0 Å². The number of benzene rings is 5. The van der Waals surface area contributed by atoms with Crippen LogP contribution in [0.15, 0.2) is 121 Å². The van der Waals surface area contributed by atoms with Gasteiger partial charge in [0.05, 0.1) is 33.8 Å². The van der Waals surface area contributed by atoms with Gasteiger partial charge in [-0.3, -0.25) is 4.57 Å². The first-order valence-corrected chi connectivity index (χ1v) is 15.1. The van der Waals surface area contributed by atoms with Crippen molar-refractivity contribution in [3.8, 4) is 34.8 Å². The fraction of sp³-hybridized carbons (Fsp3) is 0.0976. The maximum Gasteiger partial charge on any atom is 0.268 e. The Morgan fingerprint density at radius 2 is 1.58 bits per heavy atom. The van der Waals surface area contributed by atoms with Gasteiger partial charge < -0.3 is 13.9 Å². The van der Waals surface area contributed by atoms with Crippen molar-refractivity contribution in [3.05, 3.63) is 151 Å². The summed E-state index contributed by atoms with van der Waals surface area (Å²) in [5.41, 5.74) is 4.51. The Morgan fingerprint density at radius 3 is 2.38 bits per heavy atom. The predicted octanol–water partition coefficient (Wildman–Crippen LogP) is 8.76. The van der Waals surface area contributed by atoms with Crippen LogP contribution in [0.2, 0.25) is 0 Å². The maximum absolute atomic E-state index is 9.46. The molecule has 3 heterocycles. The summed E-state index contributed by atoms with van der Waals surface area (Å²) in [6.07, 6.45) is 5.05. The SMILES string of the molecule is [2H]c1c([2H])c(-[n+]2[c-]n(-c3[c-]c(Oc4[c-]c5c(cc4)c4ccccc4n5-c4cc(C(C)(C)C)ccn4)ccc3)c3ccccc32)c([2H])c([2H])c1C#N.[Pt]. The van der Waals surface area contributed by atoms with E-state index in [-0.39, 0.29) is 49.8 Å². The van der Waals surface area contributed by atoms with Gasteiger partial charge in [0.25, 0.3) is 6.33 Å². The first-order chi connectivity index (χ1) is 24.5. The number of hydrogen-bond acceptors (Lipinski definition) is 3. The number of para-hydroxylation sites is 3. The maximum atomic E-state index is 9.46. The zero-order valence-electron chi connectivity index (χ0n) is 30.2. The molecule has 236 valence electrons. The molecule has 0 radical (unpaired) electrons. The van der Waals surface area contributed by atoms with Gasteiger partial charge in [-0.1, -0.05) is 68.8 Å². The molecular weight excluding hydrogens is 774 g/mol. The van der Waals surface area contributed by atoms with E-state index in [0.29, 0.717) is 28.2 Å². The summed E-state index contributed by atoms with van der Waals surface area (Å²) >= 11 is 0. The first kappa shape index (κ1) is 26.6. The molecule has 48 heavy (non-hydrogen) atoms. The van der Waals surface area contributed by atoms with Crippen LogP contribution in [0, 0.1) is 29.8 Å². The Labute approximate surface area is 299 Å². The second-order valence-electron chi connectivity index (χ2n) is 12.2. The fourth-order valence-electron chi connectivity index (χ4n) is 5.80. The van der Waals surface area contributed by atoms with Crippen LogP contribution in [-0.2, 0) is 26.5 Å². The summed E-state index contributed by atoms with van der Waals surface area (Å²) in [6, 6.07) is 36.3. The normalized spacial score (nSPS) is 12.6. The van der Waals surface area contributed by atoms with Crippen LogP contribution in [0.1, 0.15) is 37.4 Å². The number of pyridine rings is 1. The van der Waals surface area contributed by atoms with Gasteiger partial charge in [-0.25, -0.2) is 4.98 Å². The van der Waals surface area contributed by atoms with Gasteiger partial charge in [-0.15, -0.1) is 29.7 Å². The molecule has 0 N–H and O–H groups in total. The van der Waals surface area contributed by atoms with Gasteiger partial charge >= 0.3 is 0 Å². The van der Waals surface area contributed by atoms with Crippen LogP contribution in [-0.4, -0.2) is 14.1 Å². The van der Waals surface area contributed by atoms with Crippen molar-refractivity contribution in [1.29, 1.82) is 5.26 Å². The van der Waals surface area contributed by atoms with Gasteiger partial charge in [-0.05, 0) is 64.4 Å². The summed E-state index contributed by atoms with van der Waals surface area (Å²) < 4.78 is 45.7. The molecule has 0 saturated carbocycles. The Kier molecular flexibility index (Phi) is 6.78. The molecule has 8 rings (SSSR count). The minimum atomic E-state index is -0.405. The molecule has 0 spiro atoms. The molecule has 7 heteroatoms. The molecule has 0 atom stereocenters. The zero-order chi connectivity index (χ0) is 35.6. The van der Waals surface area contributed by atoms with Crippen LogP contribution in [0.25, 0.3) is 50.0 Å². The third kappa shape index (κ3) is 5.47. The summed E-state index contributed by atoms with van der Waals surface area (Å²) in [5, 5.41) is 11.6. The largest absolute Gasteiger partial charge is 0.510 e. The summed E-state index contributed by atoms with van der Waals surface area (Å²) in [5.74, 6) is 1.71. The van der Waals surface area contributed by atoms with Gasteiger partial charge in [0.2, 0.25) is 0 Å². The number of fused-ring (bicyclic) bond motifs is 4. The number of ether oxygens (including phenoxy) is 1. The van der Waals surface area contributed by atoms with Crippen molar-refractivity contribution in [3.63, 3.8) is 0 Å². The summed E-state index contributed by atoms with van der Waals surface area (Å²) in [7, 11) is 0. The predicted molar refractivity (Wildman–Crippen MR) is 183 cm³/mol. The summed E-state index contributed by atoms with van der Waals surface area (Å²) in [4.78, 5) is 4.76. The van der Waals surface area contributed by atoms with E-state index in [1.807, 2.05) is 72.9 Å². The van der Waals surface area contributed by atoms with Crippen LogP contribution >= 0.6 is 0 Å². The average Bonchev–Trinajstić information content (AvgIpc) is 3.67. The standard InChI is InChI=1S/C41H29N5O.Pt/c1-41(2,3)29-21-22-43-40(23-29)46-36-12-5-4-11-34(36)35-20-19-33(25-39(35)46)47-32-10-8-9-31(24-32)45-27-44(37-13-6-7-14-38(37)45)30-17-15-28(26-42)16-18-30;/h4-23H,1-3H3;/q-2;/i15D,16D,17D,18D;. The smallest absolute Gasteiger partial charge is 0.268 e. The van der Waals surface area contributed by atoms with E-state index in [9.17, 15) is 5.26 Å². The van der Waals surface area contributed by atoms with Crippen molar-refractivity contribution in [1.82, 2.24) is 14.1 Å². The molecule has 8 aromatic rings. The van der Waals surface area contributed by atoms with Gasteiger partial charge in [-0.2, -0.15) is 23.5 Å². The van der Waals surface area contributed by atoms with E-state index < -0.39 is 12.1 Å². The molecule has 6 nitrogen and oxygen atoms in total. The van der Waals surface area contributed by atoms with Crippen LogP contribution in [0.4, 0.5) is 0 Å². The van der Waals surface area contributed by atoms with E-state index in [4.69, 9.17) is 15.2 Å². The molecule has 0 saturated heterocycles. The Balaban J connectivity index is 0.00000420. The third-order valence-corrected chi connectivity index (χ3v) is 8.12. The van der Waals surface area contributed by atoms with Crippen molar-refractivity contribution in [2.24, 2.45) is 0 Å². The molecule has 0 bridgehead atoms. The molecule has 0 amide bonds. The van der Waals surface area contributed by atoms with E-state index in [1.165, 1.54) is 10.1 Å². The number of nitrogens with zero attached hydrogens (tertiary/aromatic N) is 5. The summed E-state index contributed by atoms with van der Waals surface area (Å²) in [6.45, 7) is 6.55. The Morgan fingerprint density at radius 1 is 0.833 bits per heavy atom. The molecule has 0 unspecified atom stereocenters. The minimum Gasteiger partial charge on any atom is -0.510 e. The van der Waals surface area contributed by atoms with Gasteiger partial charge in [0.1, 0.15) is 5.82 Å². The number of imidazole rings is 1. The van der Waals surface area contributed by atoms with Gasteiger partial charge in [0.15, 0.2) is 0 Å². The van der Waals surface area contributed by atoms with Crippen molar-refractivity contribution in [2.45, 2.75) is 26.2 Å². The quantitative estimate of drug-likeness (QED) is 0.129. The Bertz CT molecular complexity index is 2710. The monoisotopic (exact) mass is 806 g/mol. The van der Waals surface area contributed by atoms with Crippen molar-refractivity contribution < 1.29 is 35.9 Å². The molecular formula is C41H29N5OPt-2. The molecule has 3 aromatic heterocycles. The average molecular weight is 807 g/mol. The van der Waals surface area contributed by atoms with Crippen LogP contribution in [0.5, 0.6) is 11.5 Å². The van der Waals surface area contributed by atoms with Crippen molar-refractivity contribution >= 4 is 32.8 Å². The Hall–Kier alpha value is -5.50. The third-order valence-electron chi connectivity index (χ3n) is 8.12. The number of nitriles is 1.